The molecule has 0 amide bonds. The Morgan fingerprint density at radius 3 is 0.417 bits per heavy atom. The summed E-state index contributed by atoms with van der Waals surface area (Å²) in [6, 6.07) is 1.94. The molecule has 0 atom stereocenters. The first kappa shape index (κ1) is 150. The van der Waals surface area contributed by atoms with E-state index in [9.17, 15) is 4.79 Å². The Morgan fingerprint density at radius 1 is 0.220 bits per heavy atom. The van der Waals surface area contributed by atoms with Crippen LogP contribution in [0.15, 0.2) is 12.3 Å². The predicted molar refractivity (Wildman–Crippen MR) is 881 cm³/mol. The lowest BCUT2D eigenvalue weighted by molar-refractivity contribution is 0.112. The van der Waals surface area contributed by atoms with Gasteiger partial charge in [0.25, 0.3) is 0 Å². The zero-order valence-electron chi connectivity index (χ0n) is 56.6. The van der Waals surface area contributed by atoms with Gasteiger partial charge in [-0.15, -0.1) is 5.54 Å². The Hall–Kier alpha value is 22.6. The average Bonchev–Trinajstić information content (AvgIpc) is 0.828. The highest BCUT2D eigenvalue weighted by atomic mass is 33.6. The van der Waals surface area contributed by atoms with Gasteiger partial charge in [-0.25, -0.2) is 0 Å². The predicted octanol–water partition coefficient (Wildman–Crippen LogP) is 3.16. The van der Waals surface area contributed by atoms with E-state index in [0.717, 1.165) is 17.5 Å². The fourth-order valence-corrected chi connectivity index (χ4v) is 291. The number of aromatic nitrogens is 1. The van der Waals surface area contributed by atoms with Gasteiger partial charge >= 0.3 is 0 Å². The molecule has 2 nitrogen and oxygen atoms in total. The topological polar surface area (TPSA) is 30.0 Å². The Labute approximate surface area is 1050 Å². The zero-order chi connectivity index (χ0) is 91.6. The van der Waals surface area contributed by atoms with Crippen LogP contribution >= 0.6 is 0 Å². The standard InChI is InChI=1S/C15H21NOSi.S109/c1-15(2,3)14-9-12(7-8-18(4,5)6)13(11-17)10-16-14;1-3-5-7-9-11-13-15-17-19-21-23-25-27-29-31-33-35-37-39-41-43-45-47-49-51-53-55-57-59-61-63-65-67-69-71-73-75-77-79-81-83-85-87-89-91-93-95-97-99-101-103-105-107-109-108-106-104-102-100-98-96-94-92-90-88-86-84-82-80-78-76-74-72-70-68-66-64-62-60-58-56-54-52-50-48-46-44-42-40-38-36-34-32-30-28-26-24-22-20-18-16-14-12-10-8-6-4-2/h9-11H,1-6H3;. The fraction of sp³-hybridized carbons (Fsp3) is 0.467. The van der Waals surface area contributed by atoms with E-state index in [-0.39, 0.29) is 5.41 Å². The molecule has 0 aliphatic carbocycles. The Morgan fingerprint density at radius 2 is 0.331 bits per heavy atom. The Balaban J connectivity index is 0.00000777. The van der Waals surface area contributed by atoms with Gasteiger partial charge < -0.3 is 0 Å². The van der Waals surface area contributed by atoms with Crippen LogP contribution in [-0.4, -0.2) is 19.3 Å². The van der Waals surface area contributed by atoms with E-state index in [1.165, 1.54) is 17.8 Å². The molecule has 750 valence electrons. The molecule has 0 bridgehead atoms. The summed E-state index contributed by atoms with van der Waals surface area (Å²) in [5, 5.41) is 0. The van der Waals surface area contributed by atoms with Crippen molar-refractivity contribution in [2.24, 2.45) is 0 Å². The number of carbonyl (C=O) groups is 1. The van der Waals surface area contributed by atoms with Crippen molar-refractivity contribution in [3.8, 4) is 11.5 Å². The highest BCUT2D eigenvalue weighted by Gasteiger charge is 2.17. The third kappa shape index (κ3) is 132. The lowest BCUT2D eigenvalue weighted by atomic mass is 9.90. The quantitative estimate of drug-likeness (QED) is 0.246. The molecule has 0 aliphatic heterocycles. The summed E-state index contributed by atoms with van der Waals surface area (Å²) in [7, 11) is 192. The molecule has 0 spiro atoms. The molecule has 127 heavy (non-hydrogen) atoms. The summed E-state index contributed by atoms with van der Waals surface area (Å²) in [5.74, 6) is 3.16. The van der Waals surface area contributed by atoms with Crippen LogP contribution in [0.25, 0.3) is 0 Å². The SMILES string of the molecule is CC(C)(C)c1cc(C#C[Si](C)(C)C)c(C=O)cn1.S=S=S=S=S=S=S=S=S=S=S=S=S=S=S=S=S=S=S=S=S=S=S=S=S=S=S=S=S=S=S=S=S=S=S=S=S=S=S=S=S=S=S=S=S=S=S=S=S=S=S=S=S=S=S=S=S=S=S=S=S=S=S=S=S=S=S=S=S=S=S=S=S=S=S=S=S=S=S=S=S=S=S=S=S=S=S=S=S=S=S=S=S=S=S=S=S=S=S=S=S=S=S=S=S=S=S=S=S. The van der Waals surface area contributed by atoms with Crippen LogP contribution in [0, 0.1) is 11.5 Å². The molecule has 1 rings (SSSR count). The van der Waals surface area contributed by atoms with Gasteiger partial charge in [0.15, 0.2) is 6.29 Å². The number of aldehydes is 1. The summed E-state index contributed by atoms with van der Waals surface area (Å²) < 4.78 is 0. The van der Waals surface area contributed by atoms with Crippen molar-refractivity contribution in [1.29, 1.82) is 0 Å². The van der Waals surface area contributed by atoms with E-state index >= 15 is 0 Å². The summed E-state index contributed by atoms with van der Waals surface area (Å²) in [4.78, 5) is 15.4. The summed E-state index contributed by atoms with van der Waals surface area (Å²) >= 11 is 9.66. The third-order valence-corrected chi connectivity index (χ3v) is 242. The number of carbonyl (C=O) groups excluding carboxylic acids is 1. The van der Waals surface area contributed by atoms with Crippen LogP contribution in [0.2, 0.25) is 19.6 Å². The summed E-state index contributed by atoms with van der Waals surface area (Å²) in [6.45, 7) is 12.9. The zero-order valence-corrected chi connectivity index (χ0v) is 147. The molecule has 0 saturated heterocycles. The highest BCUT2D eigenvalue weighted by molar-refractivity contribution is 8.88. The third-order valence-electron chi connectivity index (χ3n) is 5.35. The smallest absolute Gasteiger partial charge is 0.152 e. The molecule has 0 fully saturated rings. The Kier molecular flexibility index (Phi) is 155. The van der Waals surface area contributed by atoms with Crippen LogP contribution < -0.4 is 0 Å². The van der Waals surface area contributed by atoms with Crippen LogP contribution in [0.3, 0.4) is 0 Å². The summed E-state index contributed by atoms with van der Waals surface area (Å²) in [6.07, 6.45) is 2.45. The maximum atomic E-state index is 11.0. The fourth-order valence-electron chi connectivity index (χ4n) is 2.52. The molecule has 0 radical (unpaired) electrons. The minimum Gasteiger partial charge on any atom is -0.298 e. The second kappa shape index (κ2) is 132. The normalized spacial score (nSPS) is 8.43. The van der Waals surface area contributed by atoms with Crippen molar-refractivity contribution in [3.05, 3.63) is 29.1 Å². The lowest BCUT2D eigenvalue weighted by Gasteiger charge is -2.18. The minimum atomic E-state index is -1.44. The lowest BCUT2D eigenvalue weighted by Crippen LogP contribution is -2.17. The summed E-state index contributed by atoms with van der Waals surface area (Å²) in [5.41, 5.74) is 5.60. The van der Waals surface area contributed by atoms with Crippen molar-refractivity contribution in [2.45, 2.75) is 45.8 Å². The second-order valence-electron chi connectivity index (χ2n) is 13.8. The first-order chi connectivity index (χ1) is 62.5. The van der Waals surface area contributed by atoms with Crippen molar-refractivity contribution < 1.29 is 4.79 Å². The van der Waals surface area contributed by atoms with E-state index in [1.807, 2.05) is 832 Å². The molecule has 112 heteroatoms. The van der Waals surface area contributed by atoms with Crippen LogP contribution in [-0.2, 0) is 978 Å². The number of rotatable bonds is 1. The van der Waals surface area contributed by atoms with E-state index in [1.54, 1.807) is 113 Å². The van der Waals surface area contributed by atoms with Gasteiger partial charge in [0, 0.05) is 1000 Å². The number of pyridine rings is 1. The molecule has 1 aromatic heterocycles. The van der Waals surface area contributed by atoms with Gasteiger partial charge in [0.1, 0.15) is 8.07 Å². The highest BCUT2D eigenvalue weighted by Crippen LogP contribution is 2.21. The minimum absolute atomic E-state index is 0.0307. The van der Waals surface area contributed by atoms with Gasteiger partial charge in [0.05, 0.1) is 0 Å². The van der Waals surface area contributed by atoms with Crippen molar-refractivity contribution in [3.63, 3.8) is 0 Å². The molecular weight excluding hydrogens is 3730 g/mol. The van der Waals surface area contributed by atoms with Crippen LogP contribution in [0.4, 0.5) is 0 Å². The molecule has 0 aromatic carbocycles. The van der Waals surface area contributed by atoms with Gasteiger partial charge in [-0.1, -0.05) is 46.3 Å². The first-order valence-electron chi connectivity index (χ1n) is 24.1. The van der Waals surface area contributed by atoms with Gasteiger partial charge in [-0.2, -0.15) is 0 Å². The van der Waals surface area contributed by atoms with Crippen LogP contribution in [0.1, 0.15) is 42.4 Å². The molecule has 0 aliphatic rings. The number of nitrogens with zero attached hydrogens (tertiary/aromatic N) is 1. The van der Waals surface area contributed by atoms with Crippen molar-refractivity contribution in [1.82, 2.24) is 4.98 Å². The number of hydrogen-bond donors (Lipinski definition) is 0. The van der Waals surface area contributed by atoms with Gasteiger partial charge in [-0.05, 0) is 6.07 Å². The second-order valence-corrected chi connectivity index (χ2v) is 208. The van der Waals surface area contributed by atoms with Crippen molar-refractivity contribution in [2.75, 3.05) is 0 Å². The average molecular weight is 3750 g/mol. The molecule has 0 unspecified atom stereocenters. The van der Waals surface area contributed by atoms with Crippen molar-refractivity contribution >= 4 is 987 Å². The maximum Gasteiger partial charge on any atom is 0.152 e. The largest absolute Gasteiger partial charge is 0.298 e. The maximum absolute atomic E-state index is 11.0. The molecule has 1 heterocycles. The van der Waals surface area contributed by atoms with Crippen LogP contribution in [0.5, 0.6) is 0 Å². The molecule has 0 saturated carbocycles. The Bertz CT molecular complexity index is 9290. The molecule has 0 N–H and O–H groups in total. The van der Waals surface area contributed by atoms with Gasteiger partial charge in [0.2, 0.25) is 0 Å². The van der Waals surface area contributed by atoms with E-state index < -0.39 is 8.07 Å². The van der Waals surface area contributed by atoms with E-state index in [4.69, 9.17) is 22.4 Å². The monoisotopic (exact) mass is 3740 g/mol. The van der Waals surface area contributed by atoms with E-state index in [2.05, 4.69) is 56.9 Å². The molecule has 1 aromatic rings. The first-order valence-corrected chi connectivity index (χ1v) is 172. The van der Waals surface area contributed by atoms with E-state index in [0.29, 0.717) is 5.56 Å². The number of hydrogen-bond acceptors (Lipinski definition) is 4. The molecular formula is C15H21NOS109Si. The van der Waals surface area contributed by atoms with Gasteiger partial charge in [-0.3, -0.25) is 9.78 Å².